The van der Waals surface area contributed by atoms with E-state index in [1.54, 1.807) is 24.3 Å². The summed E-state index contributed by atoms with van der Waals surface area (Å²) in [6.07, 6.45) is 0. The first-order chi connectivity index (χ1) is 17.1. The molecule has 0 saturated carbocycles. The molecular weight excluding hydrogens is 473 g/mol. The van der Waals surface area contributed by atoms with Gasteiger partial charge in [0.25, 0.3) is 5.91 Å². The first kappa shape index (κ1) is 24.5. The number of benzene rings is 4. The van der Waals surface area contributed by atoms with Gasteiger partial charge in [-0.15, -0.1) is 12.6 Å². The predicted molar refractivity (Wildman–Crippen MR) is 147 cm³/mol. The van der Waals surface area contributed by atoms with Crippen LogP contribution in [0.25, 0.3) is 0 Å². The third kappa shape index (κ3) is 4.93. The van der Waals surface area contributed by atoms with Crippen molar-refractivity contribution in [2.24, 2.45) is 0 Å². The van der Waals surface area contributed by atoms with Crippen LogP contribution in [0.15, 0.2) is 132 Å². The number of rotatable bonds is 7. The van der Waals surface area contributed by atoms with E-state index in [-0.39, 0.29) is 5.70 Å². The molecule has 4 aromatic carbocycles. The summed E-state index contributed by atoms with van der Waals surface area (Å²) in [5.74, 6) is -1.07. The zero-order chi connectivity index (χ0) is 24.7. The van der Waals surface area contributed by atoms with Gasteiger partial charge >= 0.3 is 5.97 Å². The predicted octanol–water partition coefficient (Wildman–Crippen LogP) is 4.68. The number of amides is 1. The highest BCUT2D eigenvalue weighted by Gasteiger charge is 2.51. The number of ether oxygens (including phenoxy) is 1. The molecule has 0 spiro atoms. The van der Waals surface area contributed by atoms with E-state index in [4.69, 9.17) is 17.4 Å². The Labute approximate surface area is 211 Å². The Morgan fingerprint density at radius 2 is 1.03 bits per heavy atom. The van der Waals surface area contributed by atoms with Gasteiger partial charge < -0.3 is 10.1 Å². The summed E-state index contributed by atoms with van der Waals surface area (Å²) in [6, 6.07) is 38.7. The summed E-state index contributed by atoms with van der Waals surface area (Å²) in [4.78, 5) is 26.3. The Hall–Kier alpha value is -3.66. The number of hydrogen-bond acceptors (Lipinski definition) is 4. The summed E-state index contributed by atoms with van der Waals surface area (Å²) in [6.45, 7) is 0. The summed E-state index contributed by atoms with van der Waals surface area (Å²) < 4.78 is 5.59. The van der Waals surface area contributed by atoms with E-state index in [0.29, 0.717) is 10.2 Å². The monoisotopic (exact) mass is 498 g/mol. The van der Waals surface area contributed by atoms with Crippen molar-refractivity contribution >= 4 is 47.7 Å². The van der Waals surface area contributed by atoms with Crippen LogP contribution in [0, 0.1) is 0 Å². The van der Waals surface area contributed by atoms with Crippen molar-refractivity contribution in [3.05, 3.63) is 137 Å². The van der Waals surface area contributed by atoms with Crippen LogP contribution < -0.4 is 21.2 Å². The standard InChI is InChI=1S/C29H24NO3PS/c1-33-28(32)26(30-27(31)22-14-6-2-7-15-22)29(35)34(23-16-8-3-9-17-23,24-18-10-4-11-19-24)25-20-12-5-13-21-25/h2-21H,1H3,(H-,30,31,32,35)/p+1. The second kappa shape index (κ2) is 11.2. The number of hydrogen-bond donors (Lipinski definition) is 2. The fourth-order valence-electron chi connectivity index (χ4n) is 4.01. The fourth-order valence-corrected chi connectivity index (χ4v) is 9.17. The molecule has 0 bridgehead atoms. The molecule has 0 aromatic heterocycles. The summed E-state index contributed by atoms with van der Waals surface area (Å²) in [7, 11) is -1.39. The van der Waals surface area contributed by atoms with Gasteiger partial charge in [-0.1, -0.05) is 72.8 Å². The number of esters is 1. The molecule has 4 aromatic rings. The van der Waals surface area contributed by atoms with Crippen molar-refractivity contribution in [1.29, 1.82) is 0 Å². The van der Waals surface area contributed by atoms with Gasteiger partial charge in [-0.25, -0.2) is 4.79 Å². The van der Waals surface area contributed by atoms with Crippen LogP contribution in [0.5, 0.6) is 0 Å². The number of methoxy groups -OCH3 is 1. The lowest BCUT2D eigenvalue weighted by atomic mass is 10.2. The lowest BCUT2D eigenvalue weighted by Gasteiger charge is -2.28. The smallest absolute Gasteiger partial charge is 0.359 e. The largest absolute Gasteiger partial charge is 0.464 e. The van der Waals surface area contributed by atoms with Crippen LogP contribution in [0.4, 0.5) is 0 Å². The molecule has 4 nitrogen and oxygen atoms in total. The van der Waals surface area contributed by atoms with Gasteiger partial charge in [0, 0.05) is 5.56 Å². The molecule has 0 saturated heterocycles. The van der Waals surface area contributed by atoms with Crippen molar-refractivity contribution in [3.8, 4) is 0 Å². The van der Waals surface area contributed by atoms with E-state index in [0.717, 1.165) is 15.9 Å². The maximum Gasteiger partial charge on any atom is 0.359 e. The van der Waals surface area contributed by atoms with Crippen LogP contribution in [0.2, 0.25) is 0 Å². The van der Waals surface area contributed by atoms with Crippen LogP contribution in [-0.4, -0.2) is 19.0 Å². The van der Waals surface area contributed by atoms with Crippen LogP contribution >= 0.6 is 19.9 Å². The first-order valence-corrected chi connectivity index (χ1v) is 13.3. The van der Waals surface area contributed by atoms with E-state index < -0.39 is 19.1 Å². The highest BCUT2D eigenvalue weighted by molar-refractivity contribution is 8.11. The average Bonchev–Trinajstić information content (AvgIpc) is 2.94. The third-order valence-electron chi connectivity index (χ3n) is 5.64. The van der Waals surface area contributed by atoms with Crippen molar-refractivity contribution < 1.29 is 14.3 Å². The van der Waals surface area contributed by atoms with Gasteiger partial charge in [-0.3, -0.25) is 4.79 Å². The molecule has 0 unspecified atom stereocenters. The lowest BCUT2D eigenvalue weighted by molar-refractivity contribution is -0.136. The Balaban J connectivity index is 2.04. The van der Waals surface area contributed by atoms with Gasteiger partial charge in [-0.2, -0.15) is 0 Å². The first-order valence-electron chi connectivity index (χ1n) is 11.0. The fraction of sp³-hybridized carbons (Fsp3) is 0.0345. The molecule has 0 atom stereocenters. The van der Waals surface area contributed by atoms with E-state index in [1.165, 1.54) is 7.11 Å². The molecule has 0 aliphatic rings. The molecule has 1 N–H and O–H groups in total. The molecule has 0 aliphatic heterocycles. The third-order valence-corrected chi connectivity index (χ3v) is 10.8. The van der Waals surface area contributed by atoms with E-state index in [1.807, 2.05) is 97.1 Å². The second-order valence-corrected chi connectivity index (χ2v) is 11.8. The van der Waals surface area contributed by atoms with Gasteiger partial charge in [0.05, 0.1) is 7.11 Å². The Morgan fingerprint density at radius 3 is 1.40 bits per heavy atom. The van der Waals surface area contributed by atoms with Gasteiger partial charge in [-0.05, 0) is 48.5 Å². The van der Waals surface area contributed by atoms with Crippen molar-refractivity contribution in [1.82, 2.24) is 5.32 Å². The van der Waals surface area contributed by atoms with E-state index in [9.17, 15) is 9.59 Å². The summed E-state index contributed by atoms with van der Waals surface area (Å²) in [5, 5.41) is 5.81. The number of carbonyl (C=O) groups is 2. The highest BCUT2D eigenvalue weighted by Crippen LogP contribution is 2.64. The maximum atomic E-state index is 13.1. The molecule has 6 heteroatoms. The molecular formula is C29H25NO3PS+. The van der Waals surface area contributed by atoms with E-state index >= 15 is 0 Å². The minimum atomic E-state index is -2.69. The number of carbonyl (C=O) groups excluding carboxylic acids is 2. The minimum absolute atomic E-state index is 0.0228. The minimum Gasteiger partial charge on any atom is -0.464 e. The van der Waals surface area contributed by atoms with Crippen LogP contribution in [0.1, 0.15) is 10.4 Å². The molecule has 0 radical (unpaired) electrons. The molecule has 35 heavy (non-hydrogen) atoms. The van der Waals surface area contributed by atoms with Crippen molar-refractivity contribution in [2.45, 2.75) is 0 Å². The zero-order valence-corrected chi connectivity index (χ0v) is 21.0. The summed E-state index contributed by atoms with van der Waals surface area (Å²) >= 11 is 5.03. The van der Waals surface area contributed by atoms with Gasteiger partial charge in [0.2, 0.25) is 0 Å². The van der Waals surface area contributed by atoms with Crippen molar-refractivity contribution in [2.75, 3.05) is 7.11 Å². The number of nitrogens with one attached hydrogen (secondary N) is 1. The van der Waals surface area contributed by atoms with Gasteiger partial charge in [0.15, 0.2) is 17.6 Å². The number of thiol groups is 1. The van der Waals surface area contributed by atoms with Crippen molar-refractivity contribution in [3.63, 3.8) is 0 Å². The molecule has 1 amide bonds. The molecule has 0 fully saturated rings. The molecule has 0 aliphatic carbocycles. The van der Waals surface area contributed by atoms with Crippen LogP contribution in [0.3, 0.4) is 0 Å². The topological polar surface area (TPSA) is 55.4 Å². The normalized spacial score (nSPS) is 11.8. The molecule has 174 valence electrons. The lowest BCUT2D eigenvalue weighted by Crippen LogP contribution is -2.35. The highest BCUT2D eigenvalue weighted by atomic mass is 32.1. The summed E-state index contributed by atoms with van der Waals surface area (Å²) in [5.41, 5.74) is 0.452. The molecule has 4 rings (SSSR count). The van der Waals surface area contributed by atoms with Gasteiger partial charge in [0.1, 0.15) is 15.9 Å². The second-order valence-electron chi connectivity index (χ2n) is 7.69. The Morgan fingerprint density at radius 1 is 0.657 bits per heavy atom. The zero-order valence-electron chi connectivity index (χ0n) is 19.2. The Kier molecular flexibility index (Phi) is 7.81. The quantitative estimate of drug-likeness (QED) is 0.168. The molecule has 0 heterocycles. The Bertz CT molecular complexity index is 1230. The van der Waals surface area contributed by atoms with Crippen LogP contribution in [-0.2, 0) is 9.53 Å². The maximum absolute atomic E-state index is 13.1. The SMILES string of the molecule is COC(=O)/C(NC(=O)c1ccccc1)=C(/S)[P+](c1ccccc1)(c1ccccc1)c1ccccc1. The van der Waals surface area contributed by atoms with E-state index in [2.05, 4.69) is 5.32 Å². The average molecular weight is 499 g/mol.